The van der Waals surface area contributed by atoms with Crippen LogP contribution in [0.5, 0.6) is 0 Å². The third kappa shape index (κ3) is 5.70. The number of guanidine groups is 1. The van der Waals surface area contributed by atoms with Crippen molar-refractivity contribution >= 4 is 5.96 Å². The second-order valence-electron chi connectivity index (χ2n) is 7.71. The van der Waals surface area contributed by atoms with Crippen LogP contribution in [0.3, 0.4) is 0 Å². The van der Waals surface area contributed by atoms with Gasteiger partial charge in [-0.1, -0.05) is 18.9 Å². The van der Waals surface area contributed by atoms with E-state index in [4.69, 9.17) is 4.99 Å². The number of aliphatic imine (C=N–C) groups is 1. The van der Waals surface area contributed by atoms with Gasteiger partial charge in [0.25, 0.3) is 0 Å². The van der Waals surface area contributed by atoms with Crippen LogP contribution in [0.15, 0.2) is 23.3 Å². The molecule has 3 rings (SSSR count). The van der Waals surface area contributed by atoms with Crippen LogP contribution in [0.4, 0.5) is 0 Å². The van der Waals surface area contributed by atoms with E-state index in [9.17, 15) is 0 Å². The summed E-state index contributed by atoms with van der Waals surface area (Å²) in [5.74, 6) is 0.965. The second-order valence-corrected chi connectivity index (χ2v) is 7.71. The van der Waals surface area contributed by atoms with Gasteiger partial charge in [0.15, 0.2) is 5.96 Å². The number of likely N-dealkylation sites (tertiary alicyclic amines) is 1. The smallest absolute Gasteiger partial charge is 0.191 e. The van der Waals surface area contributed by atoms with Gasteiger partial charge in [0.1, 0.15) is 0 Å². The Morgan fingerprint density at radius 3 is 2.62 bits per heavy atom. The lowest BCUT2D eigenvalue weighted by molar-refractivity contribution is 0.150. The lowest BCUT2D eigenvalue weighted by Gasteiger charge is -2.36. The van der Waals surface area contributed by atoms with Crippen molar-refractivity contribution in [2.75, 3.05) is 26.2 Å². The molecular formula is C21H35N5. The molecule has 5 heteroatoms. The van der Waals surface area contributed by atoms with Gasteiger partial charge >= 0.3 is 0 Å². The summed E-state index contributed by atoms with van der Waals surface area (Å²) in [7, 11) is 0. The average molecular weight is 358 g/mol. The Labute approximate surface area is 158 Å². The lowest BCUT2D eigenvalue weighted by atomic mass is 10.0. The summed E-state index contributed by atoms with van der Waals surface area (Å²) in [4.78, 5) is 11.9. The summed E-state index contributed by atoms with van der Waals surface area (Å²) >= 11 is 0. The number of aromatic nitrogens is 1. The maximum absolute atomic E-state index is 4.77. The maximum atomic E-state index is 4.77. The van der Waals surface area contributed by atoms with Gasteiger partial charge in [0.05, 0.1) is 0 Å². The number of pyridine rings is 1. The molecule has 2 heterocycles. The molecule has 0 bridgehead atoms. The van der Waals surface area contributed by atoms with Crippen molar-refractivity contribution in [1.82, 2.24) is 20.5 Å². The largest absolute Gasteiger partial charge is 0.357 e. The minimum absolute atomic E-state index is 0.548. The van der Waals surface area contributed by atoms with Crippen LogP contribution in [0, 0.1) is 6.92 Å². The lowest BCUT2D eigenvalue weighted by Crippen LogP contribution is -2.50. The Morgan fingerprint density at radius 2 is 1.96 bits per heavy atom. The minimum atomic E-state index is 0.548. The molecule has 2 N–H and O–H groups in total. The Bertz CT molecular complexity index is 554. The first kappa shape index (κ1) is 19.2. The van der Waals surface area contributed by atoms with Crippen LogP contribution < -0.4 is 10.6 Å². The fraction of sp³-hybridized carbons (Fsp3) is 0.714. The summed E-state index contributed by atoms with van der Waals surface area (Å²) in [5.41, 5.74) is 2.32. The molecule has 1 aromatic rings. The molecule has 0 radical (unpaired) electrons. The third-order valence-electron chi connectivity index (χ3n) is 5.70. The van der Waals surface area contributed by atoms with Gasteiger partial charge in [0, 0.05) is 50.2 Å². The molecule has 1 aromatic heterocycles. The Kier molecular flexibility index (Phi) is 7.30. The number of piperidine rings is 1. The molecule has 2 fully saturated rings. The Balaban J connectivity index is 1.44. The zero-order chi connectivity index (χ0) is 18.2. The molecule has 0 amide bonds. The molecule has 0 aromatic carbocycles. The van der Waals surface area contributed by atoms with Gasteiger partial charge < -0.3 is 15.5 Å². The number of nitrogens with zero attached hydrogens (tertiary/aromatic N) is 3. The molecule has 1 aliphatic carbocycles. The topological polar surface area (TPSA) is 52.6 Å². The van der Waals surface area contributed by atoms with Gasteiger partial charge in [-0.2, -0.15) is 0 Å². The first-order chi connectivity index (χ1) is 12.7. The first-order valence-electron chi connectivity index (χ1n) is 10.4. The molecule has 1 aliphatic heterocycles. The van der Waals surface area contributed by atoms with Crippen LogP contribution in [0.25, 0.3) is 0 Å². The van der Waals surface area contributed by atoms with Crippen LogP contribution in [0.1, 0.15) is 56.7 Å². The van der Waals surface area contributed by atoms with Gasteiger partial charge in [0.2, 0.25) is 0 Å². The summed E-state index contributed by atoms with van der Waals surface area (Å²) in [6.45, 7) is 8.31. The van der Waals surface area contributed by atoms with E-state index in [2.05, 4.69) is 39.6 Å². The van der Waals surface area contributed by atoms with Gasteiger partial charge in [-0.25, -0.2) is 0 Å². The van der Waals surface area contributed by atoms with Crippen molar-refractivity contribution in [3.8, 4) is 0 Å². The van der Waals surface area contributed by atoms with E-state index in [0.717, 1.165) is 37.2 Å². The van der Waals surface area contributed by atoms with E-state index in [1.165, 1.54) is 57.2 Å². The second kappa shape index (κ2) is 9.91. The minimum Gasteiger partial charge on any atom is -0.357 e. The van der Waals surface area contributed by atoms with Crippen molar-refractivity contribution in [3.63, 3.8) is 0 Å². The van der Waals surface area contributed by atoms with Crippen molar-refractivity contribution in [1.29, 1.82) is 0 Å². The van der Waals surface area contributed by atoms with E-state index >= 15 is 0 Å². The molecule has 0 unspecified atom stereocenters. The molecule has 5 nitrogen and oxygen atoms in total. The number of hydrogen-bond acceptors (Lipinski definition) is 3. The highest BCUT2D eigenvalue weighted by Crippen LogP contribution is 2.26. The normalized spacial score (nSPS) is 20.5. The fourth-order valence-electron chi connectivity index (χ4n) is 4.13. The summed E-state index contributed by atoms with van der Waals surface area (Å²) in [6, 6.07) is 5.63. The van der Waals surface area contributed by atoms with E-state index < -0.39 is 0 Å². The Hall–Kier alpha value is -1.62. The Morgan fingerprint density at radius 1 is 1.19 bits per heavy atom. The standard InChI is InChI=1S/C21H35N5/c1-3-22-21(23-13-10-18-9-8-17(2)24-16-18)25-19-11-14-26(15-12-19)20-6-4-5-7-20/h8-9,16,19-20H,3-7,10-15H2,1-2H3,(H2,22,23,25). The number of aryl methyl sites for hydroxylation is 1. The molecule has 0 spiro atoms. The molecule has 26 heavy (non-hydrogen) atoms. The molecule has 0 atom stereocenters. The van der Waals surface area contributed by atoms with E-state index in [1.807, 2.05) is 13.1 Å². The van der Waals surface area contributed by atoms with Crippen molar-refractivity contribution in [2.45, 2.75) is 70.9 Å². The van der Waals surface area contributed by atoms with Gasteiger partial charge in [-0.15, -0.1) is 0 Å². The van der Waals surface area contributed by atoms with Gasteiger partial charge in [-0.3, -0.25) is 9.98 Å². The molecule has 2 aliphatic rings. The third-order valence-corrected chi connectivity index (χ3v) is 5.70. The van der Waals surface area contributed by atoms with Crippen molar-refractivity contribution < 1.29 is 0 Å². The quantitative estimate of drug-likeness (QED) is 0.607. The van der Waals surface area contributed by atoms with Crippen LogP contribution in [-0.2, 0) is 6.42 Å². The molecule has 1 saturated carbocycles. The summed E-state index contributed by atoms with van der Waals surface area (Å²) < 4.78 is 0. The molecular weight excluding hydrogens is 322 g/mol. The number of nitrogens with one attached hydrogen (secondary N) is 2. The van der Waals surface area contributed by atoms with Gasteiger partial charge in [-0.05, 0) is 57.6 Å². The van der Waals surface area contributed by atoms with Crippen LogP contribution in [-0.4, -0.2) is 54.1 Å². The van der Waals surface area contributed by atoms with Crippen LogP contribution in [0.2, 0.25) is 0 Å². The predicted octanol–water partition coefficient (Wildman–Crippen LogP) is 2.89. The maximum Gasteiger partial charge on any atom is 0.191 e. The van der Waals surface area contributed by atoms with E-state index in [-0.39, 0.29) is 0 Å². The predicted molar refractivity (Wildman–Crippen MR) is 109 cm³/mol. The average Bonchev–Trinajstić information content (AvgIpc) is 3.19. The van der Waals surface area contributed by atoms with E-state index in [1.54, 1.807) is 0 Å². The highest BCUT2D eigenvalue weighted by molar-refractivity contribution is 5.80. The number of hydrogen-bond donors (Lipinski definition) is 2. The highest BCUT2D eigenvalue weighted by Gasteiger charge is 2.27. The van der Waals surface area contributed by atoms with Crippen molar-refractivity contribution in [2.24, 2.45) is 4.99 Å². The molecule has 1 saturated heterocycles. The fourth-order valence-corrected chi connectivity index (χ4v) is 4.13. The zero-order valence-corrected chi connectivity index (χ0v) is 16.5. The SMILES string of the molecule is CCNC(=NCCc1ccc(C)nc1)NC1CCN(C2CCCC2)CC1. The first-order valence-corrected chi connectivity index (χ1v) is 10.4. The molecule has 144 valence electrons. The van der Waals surface area contributed by atoms with Crippen molar-refractivity contribution in [3.05, 3.63) is 29.6 Å². The van der Waals surface area contributed by atoms with E-state index in [0.29, 0.717) is 6.04 Å². The zero-order valence-electron chi connectivity index (χ0n) is 16.5. The summed E-state index contributed by atoms with van der Waals surface area (Å²) in [5, 5.41) is 7.06. The highest BCUT2D eigenvalue weighted by atomic mass is 15.2. The van der Waals surface area contributed by atoms with Crippen LogP contribution >= 0.6 is 0 Å². The summed E-state index contributed by atoms with van der Waals surface area (Å²) in [6.07, 6.45) is 11.0. The number of rotatable bonds is 6. The monoisotopic (exact) mass is 357 g/mol.